The zero-order valence-corrected chi connectivity index (χ0v) is 14.3. The molecule has 1 aromatic carbocycles. The Morgan fingerprint density at radius 2 is 2.46 bits per heavy atom. The van der Waals surface area contributed by atoms with Gasteiger partial charge in [-0.3, -0.25) is 5.10 Å². The second-order valence-electron chi connectivity index (χ2n) is 5.51. The van der Waals surface area contributed by atoms with E-state index in [9.17, 15) is 5.11 Å². The first kappa shape index (κ1) is 16.7. The lowest BCUT2D eigenvalue weighted by Gasteiger charge is -2.08. The molecule has 0 radical (unpaired) electrons. The Bertz CT molecular complexity index is 778. The molecule has 0 bridgehead atoms. The second kappa shape index (κ2) is 7.59. The van der Waals surface area contributed by atoms with E-state index in [4.69, 9.17) is 21.7 Å². The maximum Gasteiger partial charge on any atom is 0.216 e. The van der Waals surface area contributed by atoms with Crippen molar-refractivity contribution >= 4 is 18.4 Å². The van der Waals surface area contributed by atoms with Gasteiger partial charge in [-0.25, -0.2) is 0 Å². The lowest BCUT2D eigenvalue weighted by Crippen LogP contribution is -2.05. The molecule has 2 N–H and O–H groups in total. The van der Waals surface area contributed by atoms with Crippen LogP contribution in [0.5, 0.6) is 11.5 Å². The molecule has 128 valence electrons. The summed E-state index contributed by atoms with van der Waals surface area (Å²) in [4.78, 5) is 0. The van der Waals surface area contributed by atoms with E-state index < -0.39 is 0 Å². The topological polar surface area (TPSA) is 84.7 Å². The largest absolute Gasteiger partial charge is 0.507 e. The van der Waals surface area contributed by atoms with Gasteiger partial charge in [-0.1, -0.05) is 6.92 Å². The molecule has 2 heterocycles. The summed E-state index contributed by atoms with van der Waals surface area (Å²) < 4.78 is 13.0. The zero-order valence-electron chi connectivity index (χ0n) is 13.4. The molecule has 0 unspecified atom stereocenters. The molecule has 0 saturated carbocycles. The Kier molecular flexibility index (Phi) is 5.27. The van der Waals surface area contributed by atoms with Gasteiger partial charge >= 0.3 is 0 Å². The fourth-order valence-electron chi connectivity index (χ4n) is 2.47. The van der Waals surface area contributed by atoms with Gasteiger partial charge in [-0.05, 0) is 43.6 Å². The quantitative estimate of drug-likeness (QED) is 0.619. The van der Waals surface area contributed by atoms with Gasteiger partial charge in [0.05, 0.1) is 12.8 Å². The minimum absolute atomic E-state index is 0.0982. The van der Waals surface area contributed by atoms with E-state index in [1.54, 1.807) is 24.4 Å². The molecule has 7 nitrogen and oxygen atoms in total. The highest BCUT2D eigenvalue weighted by Gasteiger charge is 2.23. The number of ether oxygens (including phenoxy) is 2. The molecule has 3 rings (SSSR count). The van der Waals surface area contributed by atoms with Gasteiger partial charge in [0.2, 0.25) is 4.77 Å². The average Bonchev–Trinajstić information content (AvgIpc) is 3.22. The summed E-state index contributed by atoms with van der Waals surface area (Å²) in [5.41, 5.74) is 0.570. The number of phenols is 1. The van der Waals surface area contributed by atoms with Crippen molar-refractivity contribution in [2.45, 2.75) is 32.3 Å². The van der Waals surface area contributed by atoms with Crippen LogP contribution in [0.2, 0.25) is 0 Å². The van der Waals surface area contributed by atoms with Crippen LogP contribution in [0, 0.1) is 4.77 Å². The summed E-state index contributed by atoms with van der Waals surface area (Å²) in [6, 6.07) is 5.12. The summed E-state index contributed by atoms with van der Waals surface area (Å²) in [5.74, 6) is 1.38. The van der Waals surface area contributed by atoms with Gasteiger partial charge < -0.3 is 14.6 Å². The van der Waals surface area contributed by atoms with Crippen molar-refractivity contribution in [3.05, 3.63) is 34.4 Å². The van der Waals surface area contributed by atoms with Crippen molar-refractivity contribution in [1.82, 2.24) is 14.9 Å². The Balaban J connectivity index is 1.81. The van der Waals surface area contributed by atoms with E-state index in [2.05, 4.69) is 15.3 Å². The fourth-order valence-corrected chi connectivity index (χ4v) is 2.65. The molecule has 1 fully saturated rings. The highest BCUT2D eigenvalue weighted by atomic mass is 32.1. The Hall–Kier alpha value is -2.19. The summed E-state index contributed by atoms with van der Waals surface area (Å²) in [5, 5.41) is 21.4. The molecule has 24 heavy (non-hydrogen) atoms. The van der Waals surface area contributed by atoms with Crippen LogP contribution in [0.4, 0.5) is 0 Å². The minimum atomic E-state index is -0.103. The van der Waals surface area contributed by atoms with Gasteiger partial charge in [0.1, 0.15) is 17.6 Å². The summed E-state index contributed by atoms with van der Waals surface area (Å²) in [7, 11) is 0. The number of H-pyrrole nitrogens is 1. The molecular weight excluding hydrogens is 328 g/mol. The van der Waals surface area contributed by atoms with Gasteiger partial charge in [0.15, 0.2) is 5.82 Å². The van der Waals surface area contributed by atoms with Gasteiger partial charge in [0.25, 0.3) is 0 Å². The number of benzene rings is 1. The Morgan fingerprint density at radius 1 is 1.58 bits per heavy atom. The van der Waals surface area contributed by atoms with Crippen LogP contribution in [-0.2, 0) is 4.74 Å². The minimum Gasteiger partial charge on any atom is -0.507 e. The third kappa shape index (κ3) is 3.65. The molecular formula is C16H20N4O3S. The van der Waals surface area contributed by atoms with E-state index >= 15 is 0 Å². The number of nitrogens with one attached hydrogen (secondary N) is 1. The first-order valence-electron chi connectivity index (χ1n) is 7.98. The number of phenolic OH excluding ortho intramolecular Hbond substituents is 1. The summed E-state index contributed by atoms with van der Waals surface area (Å²) in [6.07, 6.45) is 4.24. The maximum absolute atomic E-state index is 10.1. The molecule has 1 saturated heterocycles. The highest BCUT2D eigenvalue weighted by Crippen LogP contribution is 2.27. The molecule has 1 atom stereocenters. The second-order valence-corrected chi connectivity index (χ2v) is 5.90. The van der Waals surface area contributed by atoms with E-state index in [1.165, 1.54) is 4.68 Å². The van der Waals surface area contributed by atoms with Crippen LogP contribution >= 0.6 is 12.2 Å². The monoisotopic (exact) mass is 348 g/mol. The van der Waals surface area contributed by atoms with Crippen molar-refractivity contribution < 1.29 is 14.6 Å². The first-order valence-corrected chi connectivity index (χ1v) is 8.39. The number of aromatic amines is 1. The summed E-state index contributed by atoms with van der Waals surface area (Å²) >= 11 is 5.22. The Morgan fingerprint density at radius 3 is 3.17 bits per heavy atom. The predicted molar refractivity (Wildman–Crippen MR) is 92.2 cm³/mol. The lowest BCUT2D eigenvalue weighted by atomic mass is 10.2. The van der Waals surface area contributed by atoms with Gasteiger partial charge in [-0.15, -0.1) is 0 Å². The SMILES string of the molecule is CCCOc1ccc(/C=N/n2c([C@H]3CCCO3)n[nH]c2=S)c(O)c1. The fraction of sp³-hybridized carbons (Fsp3) is 0.438. The summed E-state index contributed by atoms with van der Waals surface area (Å²) in [6.45, 7) is 3.36. The van der Waals surface area contributed by atoms with Crippen LogP contribution in [0.1, 0.15) is 43.7 Å². The average molecular weight is 348 g/mol. The first-order chi connectivity index (χ1) is 11.7. The van der Waals surface area contributed by atoms with Crippen molar-refractivity contribution in [2.24, 2.45) is 5.10 Å². The Labute approximate surface area is 144 Å². The third-order valence-corrected chi connectivity index (χ3v) is 3.94. The molecule has 1 aromatic heterocycles. The maximum atomic E-state index is 10.1. The van der Waals surface area contributed by atoms with Crippen LogP contribution < -0.4 is 4.74 Å². The van der Waals surface area contributed by atoms with Gasteiger partial charge in [-0.2, -0.15) is 14.9 Å². The highest BCUT2D eigenvalue weighted by molar-refractivity contribution is 7.71. The smallest absolute Gasteiger partial charge is 0.216 e. The van der Waals surface area contributed by atoms with E-state index in [1.807, 2.05) is 6.92 Å². The number of rotatable bonds is 6. The van der Waals surface area contributed by atoms with E-state index in [0.717, 1.165) is 19.3 Å². The molecule has 0 aliphatic carbocycles. The number of nitrogens with zero attached hydrogens (tertiary/aromatic N) is 3. The van der Waals surface area contributed by atoms with Crippen molar-refractivity contribution in [3.8, 4) is 11.5 Å². The number of hydrogen-bond donors (Lipinski definition) is 2. The third-order valence-electron chi connectivity index (χ3n) is 3.68. The standard InChI is InChI=1S/C16H20N4O3S/c1-2-7-22-12-6-5-11(13(21)9-12)10-17-20-15(18-19-16(20)24)14-4-3-8-23-14/h5-6,9-10,14,21H,2-4,7-8H2,1H3,(H,19,24)/b17-10+/t14-/m1/s1. The van der Waals surface area contributed by atoms with Gasteiger partial charge in [0, 0.05) is 18.2 Å². The van der Waals surface area contributed by atoms with E-state index in [0.29, 0.717) is 35.1 Å². The number of hydrogen-bond acceptors (Lipinski definition) is 6. The lowest BCUT2D eigenvalue weighted by molar-refractivity contribution is 0.102. The van der Waals surface area contributed by atoms with Crippen LogP contribution in [-0.4, -0.2) is 39.4 Å². The molecule has 2 aromatic rings. The molecule has 1 aliphatic heterocycles. The van der Waals surface area contributed by atoms with Crippen molar-refractivity contribution in [1.29, 1.82) is 0 Å². The molecule has 0 spiro atoms. The van der Waals surface area contributed by atoms with Crippen LogP contribution in [0.3, 0.4) is 0 Å². The van der Waals surface area contributed by atoms with Crippen LogP contribution in [0.15, 0.2) is 23.3 Å². The number of aromatic hydroxyl groups is 1. The molecule has 0 amide bonds. The normalized spacial score (nSPS) is 17.6. The predicted octanol–water partition coefficient (Wildman–Crippen LogP) is 3.17. The molecule has 8 heteroatoms. The van der Waals surface area contributed by atoms with Crippen LogP contribution in [0.25, 0.3) is 0 Å². The van der Waals surface area contributed by atoms with Crippen molar-refractivity contribution in [3.63, 3.8) is 0 Å². The van der Waals surface area contributed by atoms with Crippen molar-refractivity contribution in [2.75, 3.05) is 13.2 Å². The number of aromatic nitrogens is 3. The van der Waals surface area contributed by atoms with E-state index in [-0.39, 0.29) is 11.9 Å². The molecule has 1 aliphatic rings. The zero-order chi connectivity index (χ0) is 16.9.